The fraction of sp³-hybridized carbons (Fsp3) is 0.308. The molecule has 2 rings (SSSR count). The SMILES string of the molecule is C=CC(=O)CCCc1cccc(C)c1.CCCC(=O)C=Cc1cccc(C)c1. The van der Waals surface area contributed by atoms with Crippen LogP contribution in [0.1, 0.15) is 54.9 Å². The van der Waals surface area contributed by atoms with Gasteiger partial charge in [0.05, 0.1) is 0 Å². The van der Waals surface area contributed by atoms with Gasteiger partial charge in [-0.25, -0.2) is 0 Å². The summed E-state index contributed by atoms with van der Waals surface area (Å²) >= 11 is 0. The third kappa shape index (κ3) is 10.4. The highest BCUT2D eigenvalue weighted by atomic mass is 16.1. The molecule has 2 nitrogen and oxygen atoms in total. The first-order chi connectivity index (χ1) is 13.4. The molecule has 0 heterocycles. The summed E-state index contributed by atoms with van der Waals surface area (Å²) in [4.78, 5) is 22.2. The fourth-order valence-electron chi connectivity index (χ4n) is 2.73. The van der Waals surface area contributed by atoms with E-state index in [0.29, 0.717) is 12.8 Å². The highest BCUT2D eigenvalue weighted by Gasteiger charge is 1.97. The number of allylic oxidation sites excluding steroid dienone is 2. The van der Waals surface area contributed by atoms with Crippen molar-refractivity contribution in [3.63, 3.8) is 0 Å². The highest BCUT2D eigenvalue weighted by Crippen LogP contribution is 2.08. The van der Waals surface area contributed by atoms with E-state index in [9.17, 15) is 9.59 Å². The predicted octanol–water partition coefficient (Wildman–Crippen LogP) is 6.45. The van der Waals surface area contributed by atoms with E-state index in [4.69, 9.17) is 0 Å². The topological polar surface area (TPSA) is 34.1 Å². The molecule has 28 heavy (non-hydrogen) atoms. The summed E-state index contributed by atoms with van der Waals surface area (Å²) in [7, 11) is 0. The van der Waals surface area contributed by atoms with Crippen molar-refractivity contribution in [2.75, 3.05) is 0 Å². The minimum atomic E-state index is 0.137. The lowest BCUT2D eigenvalue weighted by Gasteiger charge is -2.00. The van der Waals surface area contributed by atoms with Crippen LogP contribution in [0.3, 0.4) is 0 Å². The quantitative estimate of drug-likeness (QED) is 0.471. The molecule has 0 aromatic heterocycles. The second kappa shape index (κ2) is 13.4. The predicted molar refractivity (Wildman–Crippen MR) is 119 cm³/mol. The molecule has 0 radical (unpaired) electrons. The molecule has 0 fully saturated rings. The summed E-state index contributed by atoms with van der Waals surface area (Å²) < 4.78 is 0. The monoisotopic (exact) mass is 376 g/mol. The first-order valence-corrected chi connectivity index (χ1v) is 9.93. The smallest absolute Gasteiger partial charge is 0.155 e. The van der Waals surface area contributed by atoms with E-state index >= 15 is 0 Å². The summed E-state index contributed by atoms with van der Waals surface area (Å²) in [5, 5.41) is 0. The Balaban J connectivity index is 0.000000280. The average molecular weight is 377 g/mol. The van der Waals surface area contributed by atoms with E-state index in [1.165, 1.54) is 22.8 Å². The van der Waals surface area contributed by atoms with Crippen molar-refractivity contribution in [3.8, 4) is 0 Å². The molecule has 0 saturated carbocycles. The molecule has 0 aliphatic rings. The van der Waals surface area contributed by atoms with Gasteiger partial charge in [-0.3, -0.25) is 9.59 Å². The van der Waals surface area contributed by atoms with Crippen LogP contribution in [0, 0.1) is 13.8 Å². The first-order valence-electron chi connectivity index (χ1n) is 9.93. The van der Waals surface area contributed by atoms with Gasteiger partial charge in [-0.15, -0.1) is 0 Å². The van der Waals surface area contributed by atoms with E-state index in [2.05, 4.69) is 43.8 Å². The molecule has 0 saturated heterocycles. The minimum Gasteiger partial charge on any atom is -0.295 e. The Hall–Kier alpha value is -2.74. The van der Waals surface area contributed by atoms with Crippen LogP contribution in [0.15, 0.2) is 67.3 Å². The molecule has 0 N–H and O–H groups in total. The van der Waals surface area contributed by atoms with Gasteiger partial charge in [-0.1, -0.05) is 79.2 Å². The number of hydrogen-bond donors (Lipinski definition) is 0. The number of rotatable bonds is 9. The Morgan fingerprint density at radius 1 is 0.929 bits per heavy atom. The van der Waals surface area contributed by atoms with Crippen molar-refractivity contribution in [2.24, 2.45) is 0 Å². The zero-order chi connectivity index (χ0) is 20.8. The van der Waals surface area contributed by atoms with Crippen LogP contribution in [0.5, 0.6) is 0 Å². The van der Waals surface area contributed by atoms with E-state index in [0.717, 1.165) is 24.8 Å². The molecule has 2 aromatic carbocycles. The molecule has 2 heteroatoms. The molecule has 0 unspecified atom stereocenters. The second-order valence-corrected chi connectivity index (χ2v) is 6.98. The van der Waals surface area contributed by atoms with E-state index < -0.39 is 0 Å². The Morgan fingerprint density at radius 3 is 2.21 bits per heavy atom. The van der Waals surface area contributed by atoms with Gasteiger partial charge in [0, 0.05) is 12.8 Å². The first kappa shape index (κ1) is 23.3. The average Bonchev–Trinajstić information content (AvgIpc) is 2.67. The molecular weight excluding hydrogens is 344 g/mol. The molecule has 0 spiro atoms. The molecule has 2 aromatic rings. The van der Waals surface area contributed by atoms with Crippen LogP contribution in [0.2, 0.25) is 0 Å². The summed E-state index contributed by atoms with van der Waals surface area (Å²) in [5.41, 5.74) is 4.89. The van der Waals surface area contributed by atoms with Gasteiger partial charge in [0.15, 0.2) is 11.6 Å². The lowest BCUT2D eigenvalue weighted by Crippen LogP contribution is -1.94. The molecule has 0 amide bonds. The van der Waals surface area contributed by atoms with Crippen LogP contribution in [-0.2, 0) is 16.0 Å². The Kier molecular flexibility index (Phi) is 11.2. The molecule has 0 atom stereocenters. The van der Waals surface area contributed by atoms with E-state index in [-0.39, 0.29) is 11.6 Å². The van der Waals surface area contributed by atoms with Crippen molar-refractivity contribution >= 4 is 17.6 Å². The number of hydrogen-bond acceptors (Lipinski definition) is 2. The number of aryl methyl sites for hydroxylation is 3. The van der Waals surface area contributed by atoms with Crippen LogP contribution >= 0.6 is 0 Å². The van der Waals surface area contributed by atoms with E-state index in [1.807, 2.05) is 38.1 Å². The maximum absolute atomic E-state index is 11.2. The fourth-order valence-corrected chi connectivity index (χ4v) is 2.73. The number of carbonyl (C=O) groups is 2. The third-order valence-corrected chi connectivity index (χ3v) is 4.20. The van der Waals surface area contributed by atoms with Crippen molar-refractivity contribution in [1.82, 2.24) is 0 Å². The van der Waals surface area contributed by atoms with Crippen molar-refractivity contribution in [1.29, 1.82) is 0 Å². The zero-order valence-corrected chi connectivity index (χ0v) is 17.4. The largest absolute Gasteiger partial charge is 0.295 e. The van der Waals surface area contributed by atoms with Gasteiger partial charge in [-0.05, 0) is 56.4 Å². The highest BCUT2D eigenvalue weighted by molar-refractivity contribution is 5.93. The van der Waals surface area contributed by atoms with Crippen molar-refractivity contribution in [3.05, 3.63) is 89.5 Å². The standard InChI is InChI=1S/2C13H16O/c1-3-13(14)9-5-8-12-7-4-6-11(2)10-12;1-3-5-13(14)9-8-12-7-4-6-11(2)10-12/h3-4,6-7,10H,1,5,8-9H2,2H3;4,6-10H,3,5H2,1-2H3. The maximum Gasteiger partial charge on any atom is 0.155 e. The summed E-state index contributed by atoms with van der Waals surface area (Å²) in [6.07, 6.45) is 8.99. The van der Waals surface area contributed by atoms with Crippen molar-refractivity contribution < 1.29 is 9.59 Å². The van der Waals surface area contributed by atoms with Gasteiger partial charge in [0.25, 0.3) is 0 Å². The summed E-state index contributed by atoms with van der Waals surface area (Å²) in [5.74, 6) is 0.339. The van der Waals surface area contributed by atoms with Crippen LogP contribution in [-0.4, -0.2) is 11.6 Å². The van der Waals surface area contributed by atoms with Gasteiger partial charge in [0.1, 0.15) is 0 Å². The van der Waals surface area contributed by atoms with Crippen LogP contribution < -0.4 is 0 Å². The number of ketones is 2. The molecule has 148 valence electrons. The Bertz CT molecular complexity index is 800. The van der Waals surface area contributed by atoms with Crippen LogP contribution in [0.4, 0.5) is 0 Å². The normalized spacial score (nSPS) is 10.2. The Morgan fingerprint density at radius 2 is 1.61 bits per heavy atom. The van der Waals surface area contributed by atoms with Gasteiger partial charge >= 0.3 is 0 Å². The summed E-state index contributed by atoms with van der Waals surface area (Å²) in [6, 6.07) is 16.5. The summed E-state index contributed by atoms with van der Waals surface area (Å²) in [6.45, 7) is 9.59. The second-order valence-electron chi connectivity index (χ2n) is 6.98. The number of benzene rings is 2. The molecule has 0 aliphatic heterocycles. The van der Waals surface area contributed by atoms with Gasteiger partial charge in [0.2, 0.25) is 0 Å². The van der Waals surface area contributed by atoms with Gasteiger partial charge in [-0.2, -0.15) is 0 Å². The third-order valence-electron chi connectivity index (χ3n) is 4.20. The van der Waals surface area contributed by atoms with Crippen LogP contribution in [0.25, 0.3) is 6.08 Å². The molecule has 0 bridgehead atoms. The minimum absolute atomic E-state index is 0.137. The maximum atomic E-state index is 11.2. The zero-order valence-electron chi connectivity index (χ0n) is 17.4. The molecule has 0 aliphatic carbocycles. The lowest BCUT2D eigenvalue weighted by atomic mass is 10.0. The van der Waals surface area contributed by atoms with Gasteiger partial charge < -0.3 is 0 Å². The molecular formula is C26H32O2. The Labute approximate surface area is 170 Å². The number of carbonyl (C=O) groups excluding carboxylic acids is 2. The lowest BCUT2D eigenvalue weighted by molar-refractivity contribution is -0.115. The van der Waals surface area contributed by atoms with E-state index in [1.54, 1.807) is 6.08 Å². The van der Waals surface area contributed by atoms with Crippen molar-refractivity contribution in [2.45, 2.75) is 52.9 Å².